The second-order valence-corrected chi connectivity index (χ2v) is 5.68. The van der Waals surface area contributed by atoms with Gasteiger partial charge in [0, 0.05) is 29.4 Å². The molecule has 5 nitrogen and oxygen atoms in total. The highest BCUT2D eigenvalue weighted by atomic mass is 19.1. The van der Waals surface area contributed by atoms with E-state index in [0.717, 1.165) is 12.3 Å². The molecule has 132 valence electrons. The normalized spacial score (nSPS) is 10.9. The van der Waals surface area contributed by atoms with Gasteiger partial charge in [0.25, 0.3) is 0 Å². The van der Waals surface area contributed by atoms with Crippen molar-refractivity contribution in [3.05, 3.63) is 82.2 Å². The summed E-state index contributed by atoms with van der Waals surface area (Å²) in [5, 5.41) is 9.18. The summed E-state index contributed by atoms with van der Waals surface area (Å²) < 4.78 is 29.0. The lowest BCUT2D eigenvalue weighted by Crippen LogP contribution is -2.19. The first kappa shape index (κ1) is 17.5. The van der Waals surface area contributed by atoms with Crippen molar-refractivity contribution in [2.24, 2.45) is 5.73 Å². The molecule has 3 rings (SSSR count). The van der Waals surface area contributed by atoms with Crippen LogP contribution in [0.4, 0.5) is 8.78 Å². The molecule has 7 heteroatoms. The van der Waals surface area contributed by atoms with Gasteiger partial charge in [0.2, 0.25) is 5.43 Å². The molecule has 0 saturated heterocycles. The molecule has 0 aliphatic carbocycles. The molecule has 0 fully saturated rings. The van der Waals surface area contributed by atoms with Crippen molar-refractivity contribution in [3.63, 3.8) is 0 Å². The number of carboxylic acids is 1. The van der Waals surface area contributed by atoms with Gasteiger partial charge >= 0.3 is 5.97 Å². The van der Waals surface area contributed by atoms with Crippen LogP contribution in [0.15, 0.2) is 54.0 Å². The van der Waals surface area contributed by atoms with Gasteiger partial charge in [-0.15, -0.1) is 0 Å². The van der Waals surface area contributed by atoms with Crippen LogP contribution in [0.1, 0.15) is 15.9 Å². The largest absolute Gasteiger partial charge is 0.477 e. The number of pyridine rings is 1. The van der Waals surface area contributed by atoms with Crippen molar-refractivity contribution in [3.8, 4) is 5.69 Å². The van der Waals surface area contributed by atoms with Gasteiger partial charge in [-0.05, 0) is 42.0 Å². The van der Waals surface area contributed by atoms with E-state index in [2.05, 4.69) is 6.58 Å². The molecule has 0 saturated carbocycles. The number of carbonyl (C=O) groups is 1. The predicted octanol–water partition coefficient (Wildman–Crippen LogP) is 2.94. The average molecular weight is 356 g/mol. The van der Waals surface area contributed by atoms with E-state index in [1.807, 2.05) is 0 Å². The summed E-state index contributed by atoms with van der Waals surface area (Å²) in [6.45, 7) is 3.71. The zero-order valence-electron chi connectivity index (χ0n) is 13.5. The lowest BCUT2D eigenvalue weighted by molar-refractivity contribution is 0.0695. The van der Waals surface area contributed by atoms with Gasteiger partial charge in [-0.1, -0.05) is 6.58 Å². The summed E-state index contributed by atoms with van der Waals surface area (Å²) in [5.41, 5.74) is 5.31. The SMILES string of the molecule is C=C(CN)c1cc2c(cc1F)c(=O)c(C(=O)O)cn2-c1ccc(F)cc1. The molecule has 0 amide bonds. The first-order valence-electron chi connectivity index (χ1n) is 7.60. The number of aromatic nitrogens is 1. The van der Waals surface area contributed by atoms with Crippen molar-refractivity contribution in [1.29, 1.82) is 0 Å². The molecule has 3 aromatic rings. The standard InChI is InChI=1S/C19H14F2N2O3/c1-10(8-22)13-7-17-14(6-16(13)21)18(24)15(19(25)26)9-23(17)12-4-2-11(20)3-5-12/h2-7,9H,1,8,22H2,(H,25,26). The lowest BCUT2D eigenvalue weighted by Gasteiger charge is -2.15. The van der Waals surface area contributed by atoms with Crippen LogP contribution in [0.3, 0.4) is 0 Å². The fourth-order valence-electron chi connectivity index (χ4n) is 2.69. The molecule has 1 heterocycles. The number of nitrogens with two attached hydrogens (primary N) is 1. The second kappa shape index (κ2) is 6.53. The van der Waals surface area contributed by atoms with E-state index >= 15 is 0 Å². The number of rotatable bonds is 4. The molecular formula is C19H14F2N2O3. The number of nitrogens with zero attached hydrogens (tertiary/aromatic N) is 1. The van der Waals surface area contributed by atoms with E-state index in [4.69, 9.17) is 5.73 Å². The van der Waals surface area contributed by atoms with Crippen LogP contribution in [0, 0.1) is 11.6 Å². The van der Waals surface area contributed by atoms with Gasteiger partial charge in [-0.3, -0.25) is 4.79 Å². The Morgan fingerprint density at radius 2 is 1.81 bits per heavy atom. The molecule has 0 bridgehead atoms. The summed E-state index contributed by atoms with van der Waals surface area (Å²) >= 11 is 0. The number of hydrogen-bond donors (Lipinski definition) is 2. The molecule has 0 unspecified atom stereocenters. The first-order chi connectivity index (χ1) is 12.3. The van der Waals surface area contributed by atoms with Crippen LogP contribution in [-0.4, -0.2) is 22.2 Å². The third-order valence-electron chi connectivity index (χ3n) is 4.05. The molecule has 0 aliphatic rings. The van der Waals surface area contributed by atoms with E-state index in [0.29, 0.717) is 11.3 Å². The molecular weight excluding hydrogens is 342 g/mol. The minimum absolute atomic E-state index is 0.0103. The molecule has 26 heavy (non-hydrogen) atoms. The highest BCUT2D eigenvalue weighted by Crippen LogP contribution is 2.25. The number of hydrogen-bond acceptors (Lipinski definition) is 3. The monoisotopic (exact) mass is 356 g/mol. The van der Waals surface area contributed by atoms with Crippen molar-refractivity contribution in [2.75, 3.05) is 6.54 Å². The zero-order valence-corrected chi connectivity index (χ0v) is 13.5. The third kappa shape index (κ3) is 2.89. The Labute approximate surface area is 146 Å². The number of halogens is 2. The van der Waals surface area contributed by atoms with E-state index in [1.54, 1.807) is 0 Å². The third-order valence-corrected chi connectivity index (χ3v) is 4.05. The van der Waals surface area contributed by atoms with Crippen molar-refractivity contribution < 1.29 is 18.7 Å². The first-order valence-corrected chi connectivity index (χ1v) is 7.60. The van der Waals surface area contributed by atoms with Gasteiger partial charge in [-0.25, -0.2) is 13.6 Å². The Morgan fingerprint density at radius 3 is 2.38 bits per heavy atom. The van der Waals surface area contributed by atoms with Crippen LogP contribution in [0.25, 0.3) is 22.2 Å². The van der Waals surface area contributed by atoms with Gasteiger partial charge < -0.3 is 15.4 Å². The van der Waals surface area contributed by atoms with Crippen molar-refractivity contribution in [2.45, 2.75) is 0 Å². The Kier molecular flexibility index (Phi) is 4.40. The van der Waals surface area contributed by atoms with Gasteiger partial charge in [0.15, 0.2) is 0 Å². The molecule has 3 N–H and O–H groups in total. The Hall–Kier alpha value is -3.32. The topological polar surface area (TPSA) is 85.3 Å². The number of benzene rings is 2. The summed E-state index contributed by atoms with van der Waals surface area (Å²) in [7, 11) is 0. The molecule has 0 radical (unpaired) electrons. The van der Waals surface area contributed by atoms with E-state index in [9.17, 15) is 23.5 Å². The highest BCUT2D eigenvalue weighted by Gasteiger charge is 2.18. The summed E-state index contributed by atoms with van der Waals surface area (Å²) in [6, 6.07) is 7.60. The van der Waals surface area contributed by atoms with Crippen LogP contribution < -0.4 is 11.2 Å². The van der Waals surface area contributed by atoms with Crippen molar-refractivity contribution in [1.82, 2.24) is 4.57 Å². The van der Waals surface area contributed by atoms with Crippen LogP contribution in [-0.2, 0) is 0 Å². The molecule has 0 spiro atoms. The van der Waals surface area contributed by atoms with Crippen LogP contribution in [0.2, 0.25) is 0 Å². The number of carboxylic acid groups (broad SMARTS) is 1. The van der Waals surface area contributed by atoms with Crippen LogP contribution in [0.5, 0.6) is 0 Å². The Balaban J connectivity index is 2.45. The number of aromatic carboxylic acids is 1. The smallest absolute Gasteiger partial charge is 0.341 e. The molecule has 2 aromatic carbocycles. The maximum absolute atomic E-state index is 14.4. The molecule has 0 aliphatic heterocycles. The van der Waals surface area contributed by atoms with Gasteiger partial charge in [-0.2, -0.15) is 0 Å². The summed E-state index contributed by atoms with van der Waals surface area (Å²) in [6.07, 6.45) is 1.13. The number of fused-ring (bicyclic) bond motifs is 1. The second-order valence-electron chi connectivity index (χ2n) is 5.68. The summed E-state index contributed by atoms with van der Waals surface area (Å²) in [5.74, 6) is -2.64. The van der Waals surface area contributed by atoms with E-state index < -0.39 is 28.6 Å². The predicted molar refractivity (Wildman–Crippen MR) is 94.5 cm³/mol. The molecule has 0 atom stereocenters. The van der Waals surface area contributed by atoms with Gasteiger partial charge in [0.1, 0.15) is 17.2 Å². The Bertz CT molecular complexity index is 1100. The fraction of sp³-hybridized carbons (Fsp3) is 0.0526. The van der Waals surface area contributed by atoms with Crippen LogP contribution >= 0.6 is 0 Å². The fourth-order valence-corrected chi connectivity index (χ4v) is 2.69. The minimum Gasteiger partial charge on any atom is -0.477 e. The van der Waals surface area contributed by atoms with E-state index in [1.165, 1.54) is 34.9 Å². The maximum atomic E-state index is 14.4. The average Bonchev–Trinajstić information content (AvgIpc) is 2.62. The zero-order chi connectivity index (χ0) is 19.0. The molecule has 1 aromatic heterocycles. The van der Waals surface area contributed by atoms with Gasteiger partial charge in [0.05, 0.1) is 5.52 Å². The quantitative estimate of drug-likeness (QED) is 0.753. The summed E-state index contributed by atoms with van der Waals surface area (Å²) in [4.78, 5) is 23.9. The van der Waals surface area contributed by atoms with E-state index in [-0.39, 0.29) is 23.0 Å². The highest BCUT2D eigenvalue weighted by molar-refractivity contribution is 5.94. The maximum Gasteiger partial charge on any atom is 0.341 e. The Morgan fingerprint density at radius 1 is 1.15 bits per heavy atom. The lowest BCUT2D eigenvalue weighted by atomic mass is 10.0. The minimum atomic E-state index is -1.44. The van der Waals surface area contributed by atoms with Crippen molar-refractivity contribution >= 4 is 22.4 Å².